The van der Waals surface area contributed by atoms with Crippen LogP contribution >= 0.6 is 31.9 Å². The van der Waals surface area contributed by atoms with Crippen molar-refractivity contribution in [2.45, 2.75) is 12.4 Å². The summed E-state index contributed by atoms with van der Waals surface area (Å²) in [6.07, 6.45) is -0.241. The molecule has 0 amide bonds. The van der Waals surface area contributed by atoms with Crippen LogP contribution in [0.3, 0.4) is 0 Å². The quantitative estimate of drug-likeness (QED) is 0.729. The molecule has 3 nitrogen and oxygen atoms in total. The monoisotopic (exact) mass is 334 g/mol. The molecular formula is C10H8Br2O3. The zero-order valence-electron chi connectivity index (χ0n) is 7.70. The van der Waals surface area contributed by atoms with Gasteiger partial charge in [0.25, 0.3) is 0 Å². The van der Waals surface area contributed by atoms with Gasteiger partial charge in [0.15, 0.2) is 6.29 Å². The van der Waals surface area contributed by atoms with Crippen LogP contribution < -0.4 is 4.74 Å². The lowest BCUT2D eigenvalue weighted by molar-refractivity contribution is -0.0579. The van der Waals surface area contributed by atoms with Crippen LogP contribution in [0.5, 0.6) is 5.75 Å². The normalized spacial score (nSPS) is 28.1. The zero-order valence-corrected chi connectivity index (χ0v) is 10.9. The molecule has 2 aliphatic rings. The van der Waals surface area contributed by atoms with Crippen molar-refractivity contribution in [3.05, 3.63) is 26.6 Å². The topological polar surface area (TPSA) is 27.7 Å². The number of rotatable bonds is 0. The molecule has 0 spiro atoms. The van der Waals surface area contributed by atoms with Gasteiger partial charge in [-0.15, -0.1) is 0 Å². The van der Waals surface area contributed by atoms with Gasteiger partial charge in [0, 0.05) is 4.47 Å². The lowest BCUT2D eigenvalue weighted by Gasteiger charge is -2.15. The minimum absolute atomic E-state index is 0.0491. The van der Waals surface area contributed by atoms with Gasteiger partial charge in [-0.25, -0.2) is 0 Å². The average molecular weight is 336 g/mol. The van der Waals surface area contributed by atoms with E-state index >= 15 is 0 Å². The van der Waals surface area contributed by atoms with E-state index in [4.69, 9.17) is 14.2 Å². The molecule has 2 heterocycles. The van der Waals surface area contributed by atoms with E-state index in [1.165, 1.54) is 0 Å². The van der Waals surface area contributed by atoms with Crippen molar-refractivity contribution in [2.24, 2.45) is 0 Å². The summed E-state index contributed by atoms with van der Waals surface area (Å²) in [5.41, 5.74) is 0.941. The number of halogens is 2. The first-order valence-electron chi connectivity index (χ1n) is 4.63. The molecule has 1 aromatic rings. The Labute approximate surface area is 104 Å². The molecule has 1 aromatic carbocycles. The summed E-state index contributed by atoms with van der Waals surface area (Å²) in [5, 5.41) is 0. The highest BCUT2D eigenvalue weighted by Gasteiger charge is 2.34. The van der Waals surface area contributed by atoms with E-state index in [2.05, 4.69) is 31.9 Å². The Morgan fingerprint density at radius 3 is 2.93 bits per heavy atom. The molecule has 1 fully saturated rings. The molecule has 0 aliphatic carbocycles. The van der Waals surface area contributed by atoms with Crippen molar-refractivity contribution < 1.29 is 14.2 Å². The fourth-order valence-corrected chi connectivity index (χ4v) is 3.16. The molecular weight excluding hydrogens is 328 g/mol. The molecule has 80 valence electrons. The van der Waals surface area contributed by atoms with Crippen molar-refractivity contribution >= 4 is 31.9 Å². The predicted molar refractivity (Wildman–Crippen MR) is 60.9 cm³/mol. The van der Waals surface area contributed by atoms with Crippen LogP contribution in [0.1, 0.15) is 11.9 Å². The van der Waals surface area contributed by atoms with Gasteiger partial charge < -0.3 is 14.2 Å². The van der Waals surface area contributed by atoms with Gasteiger partial charge in [0.1, 0.15) is 18.5 Å². The second kappa shape index (κ2) is 3.73. The Hall–Kier alpha value is -0.100. The molecule has 0 radical (unpaired) electrons. The third-order valence-electron chi connectivity index (χ3n) is 2.45. The summed E-state index contributed by atoms with van der Waals surface area (Å²) >= 11 is 6.91. The van der Waals surface area contributed by atoms with Gasteiger partial charge in [-0.3, -0.25) is 0 Å². The van der Waals surface area contributed by atoms with E-state index in [1.54, 1.807) is 0 Å². The maximum absolute atomic E-state index is 5.70. The Balaban J connectivity index is 2.13. The summed E-state index contributed by atoms with van der Waals surface area (Å²) in [6, 6.07) is 3.93. The van der Waals surface area contributed by atoms with Crippen molar-refractivity contribution in [1.29, 1.82) is 0 Å². The molecule has 2 aliphatic heterocycles. The van der Waals surface area contributed by atoms with Crippen LogP contribution in [0.15, 0.2) is 21.1 Å². The second-order valence-corrected chi connectivity index (χ2v) is 5.31. The van der Waals surface area contributed by atoms with Crippen molar-refractivity contribution in [2.75, 3.05) is 13.2 Å². The molecule has 2 unspecified atom stereocenters. The predicted octanol–water partition coefficient (Wildman–Crippen LogP) is 3.02. The number of benzene rings is 1. The van der Waals surface area contributed by atoms with E-state index in [1.807, 2.05) is 12.1 Å². The Kier molecular flexibility index (Phi) is 2.51. The highest BCUT2D eigenvalue weighted by Crippen LogP contribution is 2.42. The van der Waals surface area contributed by atoms with E-state index in [-0.39, 0.29) is 12.4 Å². The van der Waals surface area contributed by atoms with Gasteiger partial charge in [-0.2, -0.15) is 0 Å². The van der Waals surface area contributed by atoms with Gasteiger partial charge in [-0.1, -0.05) is 15.9 Å². The van der Waals surface area contributed by atoms with Crippen LogP contribution in [0, 0.1) is 0 Å². The summed E-state index contributed by atoms with van der Waals surface area (Å²) in [6.45, 7) is 1.15. The molecule has 0 saturated carbocycles. The highest BCUT2D eigenvalue weighted by atomic mass is 79.9. The van der Waals surface area contributed by atoms with Gasteiger partial charge >= 0.3 is 0 Å². The van der Waals surface area contributed by atoms with Crippen molar-refractivity contribution in [3.8, 4) is 5.75 Å². The molecule has 0 aromatic heterocycles. The molecule has 15 heavy (non-hydrogen) atoms. The number of hydrogen-bond acceptors (Lipinski definition) is 3. The van der Waals surface area contributed by atoms with Gasteiger partial charge in [0.2, 0.25) is 0 Å². The third kappa shape index (κ3) is 1.71. The van der Waals surface area contributed by atoms with Gasteiger partial charge in [-0.05, 0) is 28.1 Å². The van der Waals surface area contributed by atoms with E-state index in [9.17, 15) is 0 Å². The lowest BCUT2D eigenvalue weighted by Crippen LogP contribution is -2.18. The minimum Gasteiger partial charge on any atom is -0.489 e. The number of hydrogen-bond donors (Lipinski definition) is 0. The van der Waals surface area contributed by atoms with E-state index in [0.717, 1.165) is 20.3 Å². The Morgan fingerprint density at radius 1 is 1.20 bits per heavy atom. The summed E-state index contributed by atoms with van der Waals surface area (Å²) in [7, 11) is 0. The van der Waals surface area contributed by atoms with Crippen LogP contribution in [0.2, 0.25) is 0 Å². The largest absolute Gasteiger partial charge is 0.489 e. The fraction of sp³-hybridized carbons (Fsp3) is 0.400. The highest BCUT2D eigenvalue weighted by molar-refractivity contribution is 9.11. The summed E-state index contributed by atoms with van der Waals surface area (Å²) < 4.78 is 18.8. The maximum atomic E-state index is 5.70. The first kappa shape index (κ1) is 10.1. The van der Waals surface area contributed by atoms with Crippen LogP contribution in [0.25, 0.3) is 0 Å². The van der Waals surface area contributed by atoms with E-state index < -0.39 is 0 Å². The average Bonchev–Trinajstić information content (AvgIpc) is 2.55. The smallest absolute Gasteiger partial charge is 0.188 e. The molecule has 5 heteroatoms. The number of ether oxygens (including phenoxy) is 3. The summed E-state index contributed by atoms with van der Waals surface area (Å²) in [4.78, 5) is 0. The molecule has 2 atom stereocenters. The standard InChI is InChI=1S/C10H8Br2O3/c11-5-1-7-9(8(12)2-5)13-3-6-4-14-10(7)15-6/h1-2,6,10H,3-4H2. The van der Waals surface area contributed by atoms with Crippen LogP contribution in [-0.2, 0) is 9.47 Å². The SMILES string of the molecule is Brc1cc(Br)c2c(c1)C1OCC(CO2)O1. The second-order valence-electron chi connectivity index (χ2n) is 3.54. The van der Waals surface area contributed by atoms with Crippen molar-refractivity contribution in [1.82, 2.24) is 0 Å². The Bertz CT molecular complexity index is 408. The first-order valence-corrected chi connectivity index (χ1v) is 6.21. The maximum Gasteiger partial charge on any atom is 0.188 e. The lowest BCUT2D eigenvalue weighted by atomic mass is 10.2. The van der Waals surface area contributed by atoms with E-state index in [0.29, 0.717) is 13.2 Å². The minimum atomic E-state index is -0.290. The first-order chi connectivity index (χ1) is 7.24. The number of fused-ring (bicyclic) bond motifs is 4. The van der Waals surface area contributed by atoms with Crippen LogP contribution in [0.4, 0.5) is 0 Å². The summed E-state index contributed by atoms with van der Waals surface area (Å²) in [5.74, 6) is 0.824. The third-order valence-corrected chi connectivity index (χ3v) is 3.50. The van der Waals surface area contributed by atoms with Crippen LogP contribution in [-0.4, -0.2) is 19.3 Å². The zero-order chi connectivity index (χ0) is 10.4. The van der Waals surface area contributed by atoms with Crippen molar-refractivity contribution in [3.63, 3.8) is 0 Å². The molecule has 3 rings (SSSR count). The molecule has 2 bridgehead atoms. The Morgan fingerprint density at radius 2 is 2.07 bits per heavy atom. The molecule has 1 saturated heterocycles. The fourth-order valence-electron chi connectivity index (χ4n) is 1.78. The van der Waals surface area contributed by atoms with Gasteiger partial charge in [0.05, 0.1) is 16.6 Å². The molecule has 0 N–H and O–H groups in total.